The number of phenolic OH excluding ortho intramolecular Hbond substituents is 2. The van der Waals surface area contributed by atoms with Gasteiger partial charge in [0.25, 0.3) is 0 Å². The Labute approximate surface area is 128 Å². The van der Waals surface area contributed by atoms with E-state index in [4.69, 9.17) is 27.6 Å². The van der Waals surface area contributed by atoms with Crippen LogP contribution in [0.15, 0.2) is 45.6 Å². The maximum atomic E-state index is 12.1. The molecule has 0 radical (unpaired) electrons. The monoisotopic (exact) mass is 322 g/mol. The first-order valence-electron chi connectivity index (χ1n) is 5.91. The molecule has 3 aromatic rings. The maximum absolute atomic E-state index is 12.1. The minimum absolute atomic E-state index is 0.0800. The van der Waals surface area contributed by atoms with Crippen LogP contribution in [0.1, 0.15) is 0 Å². The van der Waals surface area contributed by atoms with Crippen molar-refractivity contribution in [3.05, 3.63) is 56.7 Å². The summed E-state index contributed by atoms with van der Waals surface area (Å²) >= 11 is 11.8. The second-order valence-corrected chi connectivity index (χ2v) is 5.23. The summed E-state index contributed by atoms with van der Waals surface area (Å²) in [5.74, 6) is -0.629. The third-order valence-electron chi connectivity index (χ3n) is 3.05. The molecule has 2 aromatic carbocycles. The molecule has 0 amide bonds. The zero-order valence-electron chi connectivity index (χ0n) is 10.4. The first-order valence-corrected chi connectivity index (χ1v) is 6.67. The van der Waals surface area contributed by atoms with Gasteiger partial charge in [-0.05, 0) is 30.3 Å². The van der Waals surface area contributed by atoms with Gasteiger partial charge in [-0.3, -0.25) is 4.79 Å². The maximum Gasteiger partial charge on any atom is 0.201 e. The van der Waals surface area contributed by atoms with E-state index in [1.807, 2.05) is 0 Å². The molecule has 0 aliphatic heterocycles. The van der Waals surface area contributed by atoms with E-state index in [1.165, 1.54) is 18.2 Å². The second kappa shape index (κ2) is 4.98. The third-order valence-corrected chi connectivity index (χ3v) is 3.79. The molecule has 106 valence electrons. The molecule has 2 N–H and O–H groups in total. The summed E-state index contributed by atoms with van der Waals surface area (Å²) < 4.78 is 5.52. The minimum Gasteiger partial charge on any atom is -0.504 e. The molecule has 4 nitrogen and oxygen atoms in total. The van der Waals surface area contributed by atoms with Crippen LogP contribution < -0.4 is 5.43 Å². The highest BCUT2D eigenvalue weighted by Gasteiger charge is 2.13. The summed E-state index contributed by atoms with van der Waals surface area (Å²) in [6, 6.07) is 8.67. The van der Waals surface area contributed by atoms with E-state index in [-0.39, 0.29) is 27.9 Å². The van der Waals surface area contributed by atoms with Gasteiger partial charge in [-0.1, -0.05) is 23.2 Å². The van der Waals surface area contributed by atoms with Crippen molar-refractivity contribution in [1.29, 1.82) is 0 Å². The zero-order chi connectivity index (χ0) is 15.1. The first kappa shape index (κ1) is 13.8. The predicted molar refractivity (Wildman–Crippen MR) is 81.3 cm³/mol. The SMILES string of the molecule is O=c1cc(-c2ccc(Cl)c(Cl)c2)oc2c(O)c(O)ccc12. The Morgan fingerprint density at radius 1 is 0.952 bits per heavy atom. The molecule has 3 rings (SSSR count). The molecule has 0 fully saturated rings. The van der Waals surface area contributed by atoms with Gasteiger partial charge in [0, 0.05) is 11.6 Å². The lowest BCUT2D eigenvalue weighted by Crippen LogP contribution is -2.00. The molecule has 21 heavy (non-hydrogen) atoms. The molecule has 1 aromatic heterocycles. The van der Waals surface area contributed by atoms with Crippen molar-refractivity contribution >= 4 is 34.2 Å². The second-order valence-electron chi connectivity index (χ2n) is 4.41. The van der Waals surface area contributed by atoms with Crippen LogP contribution in [0, 0.1) is 0 Å². The van der Waals surface area contributed by atoms with Crippen LogP contribution in [0.5, 0.6) is 11.5 Å². The smallest absolute Gasteiger partial charge is 0.201 e. The first-order chi connectivity index (χ1) is 9.97. The summed E-state index contributed by atoms with van der Waals surface area (Å²) in [6.45, 7) is 0. The van der Waals surface area contributed by atoms with Crippen molar-refractivity contribution in [1.82, 2.24) is 0 Å². The van der Waals surface area contributed by atoms with Gasteiger partial charge in [-0.25, -0.2) is 0 Å². The van der Waals surface area contributed by atoms with E-state index < -0.39 is 5.75 Å². The van der Waals surface area contributed by atoms with E-state index in [9.17, 15) is 15.0 Å². The molecule has 1 heterocycles. The third kappa shape index (κ3) is 2.33. The fourth-order valence-electron chi connectivity index (χ4n) is 1.99. The molecule has 0 bridgehead atoms. The lowest BCUT2D eigenvalue weighted by molar-refractivity contribution is 0.400. The number of benzene rings is 2. The van der Waals surface area contributed by atoms with E-state index in [0.29, 0.717) is 15.6 Å². The Balaban J connectivity index is 2.31. The van der Waals surface area contributed by atoms with Crippen LogP contribution in [-0.2, 0) is 0 Å². The zero-order valence-corrected chi connectivity index (χ0v) is 11.9. The number of phenols is 2. The van der Waals surface area contributed by atoms with Crippen LogP contribution in [0.2, 0.25) is 10.0 Å². The van der Waals surface area contributed by atoms with Gasteiger partial charge >= 0.3 is 0 Å². The number of fused-ring (bicyclic) bond motifs is 1. The van der Waals surface area contributed by atoms with Crippen molar-refractivity contribution in [3.8, 4) is 22.8 Å². The van der Waals surface area contributed by atoms with Gasteiger partial charge < -0.3 is 14.6 Å². The van der Waals surface area contributed by atoms with E-state index in [1.54, 1.807) is 18.2 Å². The minimum atomic E-state index is -0.480. The van der Waals surface area contributed by atoms with Crippen molar-refractivity contribution < 1.29 is 14.6 Å². The number of hydrogen-bond acceptors (Lipinski definition) is 4. The average Bonchev–Trinajstić information content (AvgIpc) is 2.46. The van der Waals surface area contributed by atoms with Gasteiger partial charge in [-0.2, -0.15) is 0 Å². The largest absolute Gasteiger partial charge is 0.504 e. The van der Waals surface area contributed by atoms with Gasteiger partial charge in [-0.15, -0.1) is 0 Å². The average molecular weight is 323 g/mol. The Hall–Kier alpha value is -2.17. The molecule has 6 heteroatoms. The lowest BCUT2D eigenvalue weighted by atomic mass is 10.1. The Morgan fingerprint density at radius 3 is 2.43 bits per heavy atom. The van der Waals surface area contributed by atoms with Crippen LogP contribution in [0.25, 0.3) is 22.3 Å². The summed E-state index contributed by atoms with van der Waals surface area (Å²) in [5.41, 5.74) is 0.113. The van der Waals surface area contributed by atoms with Crippen molar-refractivity contribution in [2.24, 2.45) is 0 Å². The highest BCUT2D eigenvalue weighted by molar-refractivity contribution is 6.42. The van der Waals surface area contributed by atoms with Gasteiger partial charge in [0.15, 0.2) is 16.8 Å². The van der Waals surface area contributed by atoms with Crippen molar-refractivity contribution in [3.63, 3.8) is 0 Å². The summed E-state index contributed by atoms with van der Waals surface area (Å²) in [6.07, 6.45) is 0. The molecule has 0 saturated carbocycles. The Kier molecular flexibility index (Phi) is 3.27. The summed E-state index contributed by atoms with van der Waals surface area (Å²) in [7, 11) is 0. The van der Waals surface area contributed by atoms with Crippen molar-refractivity contribution in [2.75, 3.05) is 0 Å². The standard InChI is InChI=1S/C15H8Cl2O4/c16-9-3-1-7(5-10(9)17)13-6-12(19)8-2-4-11(18)14(20)15(8)21-13/h1-6,18,20H. The van der Waals surface area contributed by atoms with Crippen LogP contribution >= 0.6 is 23.2 Å². The molecule has 0 unspecified atom stereocenters. The Morgan fingerprint density at radius 2 is 1.71 bits per heavy atom. The molecule has 0 aliphatic rings. The van der Waals surface area contributed by atoms with Crippen LogP contribution in [-0.4, -0.2) is 10.2 Å². The highest BCUT2D eigenvalue weighted by Crippen LogP contribution is 2.35. The topological polar surface area (TPSA) is 70.7 Å². The number of hydrogen-bond donors (Lipinski definition) is 2. The van der Waals surface area contributed by atoms with Gasteiger partial charge in [0.2, 0.25) is 5.75 Å². The molecule has 0 aliphatic carbocycles. The van der Waals surface area contributed by atoms with E-state index in [0.717, 1.165) is 0 Å². The van der Waals surface area contributed by atoms with E-state index >= 15 is 0 Å². The fourth-order valence-corrected chi connectivity index (χ4v) is 2.28. The number of aromatic hydroxyl groups is 2. The van der Waals surface area contributed by atoms with Gasteiger partial charge in [0.1, 0.15) is 5.76 Å². The lowest BCUT2D eigenvalue weighted by Gasteiger charge is -2.06. The molecule has 0 spiro atoms. The quantitative estimate of drug-likeness (QED) is 0.659. The molecular formula is C15H8Cl2O4. The van der Waals surface area contributed by atoms with Crippen molar-refractivity contribution in [2.45, 2.75) is 0 Å². The molecule has 0 saturated heterocycles. The summed E-state index contributed by atoms with van der Waals surface area (Å²) in [5, 5.41) is 20.2. The normalized spacial score (nSPS) is 11.0. The van der Waals surface area contributed by atoms with Gasteiger partial charge in [0.05, 0.1) is 15.4 Å². The Bertz CT molecular complexity index is 915. The predicted octanol–water partition coefficient (Wildman–Crippen LogP) is 4.18. The summed E-state index contributed by atoms with van der Waals surface area (Å²) in [4.78, 5) is 12.1. The molecular weight excluding hydrogens is 315 g/mol. The van der Waals surface area contributed by atoms with Crippen LogP contribution in [0.3, 0.4) is 0 Å². The van der Waals surface area contributed by atoms with Crippen LogP contribution in [0.4, 0.5) is 0 Å². The molecule has 0 atom stereocenters. The highest BCUT2D eigenvalue weighted by atomic mass is 35.5. The van der Waals surface area contributed by atoms with E-state index in [2.05, 4.69) is 0 Å². The fraction of sp³-hybridized carbons (Fsp3) is 0. The number of halogens is 2. The number of rotatable bonds is 1.